The van der Waals surface area contributed by atoms with E-state index in [0.29, 0.717) is 60.4 Å². The van der Waals surface area contributed by atoms with E-state index in [1.807, 2.05) is 42.5 Å². The van der Waals surface area contributed by atoms with Crippen LogP contribution >= 0.6 is 0 Å². The fraction of sp³-hybridized carbons (Fsp3) is 0.300. The summed E-state index contributed by atoms with van der Waals surface area (Å²) < 4.78 is 5.31. The third-order valence-corrected chi connectivity index (χ3v) is 7.29. The van der Waals surface area contributed by atoms with Crippen LogP contribution in [-0.2, 0) is 0 Å². The number of nitriles is 2. The van der Waals surface area contributed by atoms with Crippen LogP contribution in [0.5, 0.6) is 5.75 Å². The molecule has 3 aromatic heterocycles. The van der Waals surface area contributed by atoms with Crippen LogP contribution in [0.1, 0.15) is 33.8 Å². The largest absolute Gasteiger partial charge is 0.496 e. The van der Waals surface area contributed by atoms with Gasteiger partial charge in [-0.3, -0.25) is 24.8 Å². The summed E-state index contributed by atoms with van der Waals surface area (Å²) in [6.45, 7) is 2.47. The van der Waals surface area contributed by atoms with E-state index in [-0.39, 0.29) is 23.9 Å². The molecule has 0 unspecified atom stereocenters. The number of rotatable bonds is 7. The summed E-state index contributed by atoms with van der Waals surface area (Å²) in [6.07, 6.45) is 7.41. The molecule has 4 aromatic rings. The van der Waals surface area contributed by atoms with Crippen LogP contribution in [0.25, 0.3) is 22.6 Å². The summed E-state index contributed by atoms with van der Waals surface area (Å²) in [6, 6.07) is 16.4. The van der Waals surface area contributed by atoms with Gasteiger partial charge in [-0.15, -0.1) is 0 Å². The van der Waals surface area contributed by atoms with Gasteiger partial charge in [-0.2, -0.15) is 20.7 Å². The second-order valence-corrected chi connectivity index (χ2v) is 10.3. The Labute approximate surface area is 253 Å². The van der Waals surface area contributed by atoms with Gasteiger partial charge in [0.25, 0.3) is 11.8 Å². The lowest BCUT2D eigenvalue weighted by Gasteiger charge is -2.10. The normalized spacial score (nSPS) is 17.2. The number of aromatic nitrogens is 5. The molecule has 0 aliphatic carbocycles. The van der Waals surface area contributed by atoms with E-state index in [1.165, 1.54) is 0 Å². The molecule has 2 saturated heterocycles. The second kappa shape index (κ2) is 13.8. The van der Waals surface area contributed by atoms with Crippen LogP contribution in [0.15, 0.2) is 60.8 Å². The standard InChI is InChI=1S/C16H17N5O2.C14H14N6O/c1-23-15-5-3-2-4-12(15)13-8-14(20-19-13)16(22)18-11-6-7-21(9-11)10-17;15-9-20-6-4-10(8-20)17-14(21)13-7-12(18-19-13)11-3-1-2-5-16-11/h2-5,8,11H,6-7,9H2,1H3,(H,18,22)(H,19,20);1-3,5,7,10H,4,6,8H2,(H,17,21)(H,18,19)/t11-;10-/m11/s1. The van der Waals surface area contributed by atoms with Gasteiger partial charge in [-0.25, -0.2) is 0 Å². The Bertz CT molecular complexity index is 1670. The number of hydrogen-bond acceptors (Lipinski definition) is 10. The Morgan fingerprint density at radius 3 is 1.95 bits per heavy atom. The number of ether oxygens (including phenoxy) is 1. The number of carbonyl (C=O) groups excluding carboxylic acids is 2. The van der Waals surface area contributed by atoms with Crippen LogP contribution < -0.4 is 15.4 Å². The first kappa shape index (κ1) is 29.6. The van der Waals surface area contributed by atoms with Crippen LogP contribution in [0.4, 0.5) is 0 Å². The predicted molar refractivity (Wildman–Crippen MR) is 159 cm³/mol. The molecule has 0 radical (unpaired) electrons. The lowest BCUT2D eigenvalue weighted by molar-refractivity contribution is 0.0925. The molecule has 2 aliphatic rings. The van der Waals surface area contributed by atoms with Gasteiger partial charge in [-0.1, -0.05) is 18.2 Å². The summed E-state index contributed by atoms with van der Waals surface area (Å²) >= 11 is 0. The average Bonchev–Trinajstić information content (AvgIpc) is 3.89. The van der Waals surface area contributed by atoms with Crippen molar-refractivity contribution >= 4 is 11.8 Å². The highest BCUT2D eigenvalue weighted by atomic mass is 16.5. The van der Waals surface area contributed by atoms with Crippen LogP contribution in [0.2, 0.25) is 0 Å². The number of carbonyl (C=O) groups is 2. The number of likely N-dealkylation sites (tertiary alicyclic amines) is 2. The molecule has 224 valence electrons. The summed E-state index contributed by atoms with van der Waals surface area (Å²) in [5.74, 6) is 0.268. The number of nitrogens with one attached hydrogen (secondary N) is 4. The van der Waals surface area contributed by atoms with Gasteiger partial charge >= 0.3 is 0 Å². The number of H-pyrrole nitrogens is 2. The molecule has 0 saturated carbocycles. The van der Waals surface area contributed by atoms with Crippen molar-refractivity contribution in [2.24, 2.45) is 0 Å². The maximum atomic E-state index is 12.3. The third kappa shape index (κ3) is 7.11. The van der Waals surface area contributed by atoms with Crippen molar-refractivity contribution in [1.82, 2.24) is 45.8 Å². The smallest absolute Gasteiger partial charge is 0.269 e. The Balaban J connectivity index is 0.000000175. The zero-order valence-electron chi connectivity index (χ0n) is 24.0. The number of nitrogens with zero attached hydrogens (tertiary/aromatic N) is 7. The molecular formula is C30H31N11O3. The maximum absolute atomic E-state index is 12.3. The van der Waals surface area contributed by atoms with E-state index in [4.69, 9.17) is 15.3 Å². The van der Waals surface area contributed by atoms with Crippen molar-refractivity contribution < 1.29 is 14.3 Å². The van der Waals surface area contributed by atoms with Crippen molar-refractivity contribution in [3.8, 4) is 40.8 Å². The molecule has 2 fully saturated rings. The van der Waals surface area contributed by atoms with E-state index in [1.54, 1.807) is 35.2 Å². The zero-order chi connectivity index (χ0) is 30.9. The topological polar surface area (TPSA) is 192 Å². The highest BCUT2D eigenvalue weighted by Gasteiger charge is 2.25. The number of amides is 2. The van der Waals surface area contributed by atoms with E-state index >= 15 is 0 Å². The number of pyridine rings is 1. The molecular weight excluding hydrogens is 562 g/mol. The first-order valence-electron chi connectivity index (χ1n) is 14.0. The summed E-state index contributed by atoms with van der Waals surface area (Å²) in [7, 11) is 1.60. The molecule has 14 heteroatoms. The van der Waals surface area contributed by atoms with E-state index in [2.05, 4.69) is 48.4 Å². The van der Waals surface area contributed by atoms with Gasteiger partial charge in [0.1, 0.15) is 22.8 Å². The first-order chi connectivity index (χ1) is 21.5. The molecule has 0 spiro atoms. The maximum Gasteiger partial charge on any atom is 0.269 e. The predicted octanol–water partition coefficient (Wildman–Crippen LogP) is 2.13. The molecule has 44 heavy (non-hydrogen) atoms. The fourth-order valence-corrected chi connectivity index (χ4v) is 4.98. The van der Waals surface area contributed by atoms with Gasteiger partial charge in [-0.05, 0) is 49.2 Å². The van der Waals surface area contributed by atoms with Crippen molar-refractivity contribution in [2.75, 3.05) is 33.3 Å². The van der Waals surface area contributed by atoms with Crippen LogP contribution in [0.3, 0.4) is 0 Å². The van der Waals surface area contributed by atoms with Crippen molar-refractivity contribution in [3.63, 3.8) is 0 Å². The van der Waals surface area contributed by atoms with E-state index < -0.39 is 0 Å². The number of hydrogen-bond donors (Lipinski definition) is 4. The summed E-state index contributed by atoms with van der Waals surface area (Å²) in [5, 5.41) is 37.2. The third-order valence-electron chi connectivity index (χ3n) is 7.29. The van der Waals surface area contributed by atoms with Gasteiger partial charge < -0.3 is 25.2 Å². The lowest BCUT2D eigenvalue weighted by atomic mass is 10.1. The summed E-state index contributed by atoms with van der Waals surface area (Å²) in [5.41, 5.74) is 3.60. The van der Waals surface area contributed by atoms with Gasteiger partial charge in [0.05, 0.1) is 18.5 Å². The van der Waals surface area contributed by atoms with E-state index in [0.717, 1.165) is 18.4 Å². The molecule has 4 N–H and O–H groups in total. The Kier molecular flexibility index (Phi) is 9.32. The van der Waals surface area contributed by atoms with E-state index in [9.17, 15) is 9.59 Å². The van der Waals surface area contributed by atoms with Crippen molar-refractivity contribution in [2.45, 2.75) is 24.9 Å². The minimum atomic E-state index is -0.219. The first-order valence-corrected chi connectivity index (χ1v) is 14.0. The molecule has 6 rings (SSSR count). The average molecular weight is 594 g/mol. The van der Waals surface area contributed by atoms with Crippen LogP contribution in [-0.4, -0.2) is 92.4 Å². The molecule has 14 nitrogen and oxygen atoms in total. The molecule has 1 aromatic carbocycles. The number of benzene rings is 1. The quantitative estimate of drug-likeness (QED) is 0.231. The highest BCUT2D eigenvalue weighted by molar-refractivity contribution is 5.94. The van der Waals surface area contributed by atoms with Gasteiger partial charge in [0, 0.05) is 50.0 Å². The Morgan fingerprint density at radius 1 is 0.841 bits per heavy atom. The van der Waals surface area contributed by atoms with Gasteiger partial charge in [0.2, 0.25) is 0 Å². The summed E-state index contributed by atoms with van der Waals surface area (Å²) in [4.78, 5) is 31.9. The molecule has 2 amide bonds. The molecule has 0 bridgehead atoms. The second-order valence-electron chi connectivity index (χ2n) is 10.3. The number of aromatic amines is 2. The Morgan fingerprint density at radius 2 is 1.41 bits per heavy atom. The van der Waals surface area contributed by atoms with Crippen molar-refractivity contribution in [1.29, 1.82) is 10.5 Å². The van der Waals surface area contributed by atoms with Crippen LogP contribution in [0, 0.1) is 22.9 Å². The lowest BCUT2D eigenvalue weighted by Crippen LogP contribution is -2.36. The number of methoxy groups -OCH3 is 1. The molecule has 5 heterocycles. The molecule has 2 atom stereocenters. The monoisotopic (exact) mass is 593 g/mol. The highest BCUT2D eigenvalue weighted by Crippen LogP contribution is 2.28. The zero-order valence-corrected chi connectivity index (χ0v) is 24.0. The number of para-hydroxylation sites is 1. The SMILES string of the molecule is COc1ccccc1-c1cc(C(=O)N[C@@H]2CCN(C#N)C2)[nH]n1.N#CN1CC[C@@H](NC(=O)c2cc(-c3ccccn3)n[nH]2)C1. The fourth-order valence-electron chi connectivity index (χ4n) is 4.98. The Hall–Kier alpha value is -5.89. The minimum Gasteiger partial charge on any atom is -0.496 e. The van der Waals surface area contributed by atoms with Gasteiger partial charge in [0.15, 0.2) is 12.4 Å². The molecule has 2 aliphatic heterocycles. The van der Waals surface area contributed by atoms with Crippen molar-refractivity contribution in [3.05, 3.63) is 72.2 Å². The minimum absolute atomic E-state index is 0.00116.